The van der Waals surface area contributed by atoms with Gasteiger partial charge in [0.1, 0.15) is 0 Å². The van der Waals surface area contributed by atoms with Gasteiger partial charge in [-0.1, -0.05) is 23.7 Å². The average molecular weight is 347 g/mol. The van der Waals surface area contributed by atoms with Crippen LogP contribution in [0.2, 0.25) is 5.15 Å². The zero-order chi connectivity index (χ0) is 17.1. The first-order valence-corrected chi connectivity index (χ1v) is 8.18. The minimum atomic E-state index is -0.322. The molecule has 1 aromatic carbocycles. The van der Waals surface area contributed by atoms with Gasteiger partial charge in [-0.3, -0.25) is 0 Å². The summed E-state index contributed by atoms with van der Waals surface area (Å²) in [6, 6.07) is 9.34. The van der Waals surface area contributed by atoms with Gasteiger partial charge in [0, 0.05) is 25.1 Å². The molecule has 2 N–H and O–H groups in total. The number of hydrogen-bond acceptors (Lipinski definition) is 6. The van der Waals surface area contributed by atoms with Crippen LogP contribution in [0.4, 0.5) is 11.5 Å². The normalized spacial score (nSPS) is 17.6. The first kappa shape index (κ1) is 16.5. The Hall–Kier alpha value is -2.34. The van der Waals surface area contributed by atoms with Crippen molar-refractivity contribution < 1.29 is 9.53 Å². The summed E-state index contributed by atoms with van der Waals surface area (Å²) in [7, 11) is 1.38. The monoisotopic (exact) mass is 346 g/mol. The van der Waals surface area contributed by atoms with E-state index in [0.717, 1.165) is 31.6 Å². The van der Waals surface area contributed by atoms with E-state index < -0.39 is 0 Å². The van der Waals surface area contributed by atoms with Crippen LogP contribution in [-0.2, 0) is 4.74 Å². The highest BCUT2D eigenvalue weighted by Gasteiger charge is 2.23. The van der Waals surface area contributed by atoms with E-state index in [-0.39, 0.29) is 5.97 Å². The molecule has 0 aliphatic carbocycles. The Morgan fingerprint density at radius 3 is 2.79 bits per heavy atom. The number of rotatable bonds is 3. The van der Waals surface area contributed by atoms with Gasteiger partial charge in [0.25, 0.3) is 0 Å². The third-order valence-electron chi connectivity index (χ3n) is 4.34. The van der Waals surface area contributed by atoms with Gasteiger partial charge in [-0.2, -0.15) is 0 Å². The molecule has 3 rings (SSSR count). The molecule has 2 aromatic rings. The first-order chi connectivity index (χ1) is 11.6. The van der Waals surface area contributed by atoms with Crippen molar-refractivity contribution in [2.45, 2.75) is 18.8 Å². The first-order valence-electron chi connectivity index (χ1n) is 7.80. The van der Waals surface area contributed by atoms with E-state index in [9.17, 15) is 4.79 Å². The summed E-state index contributed by atoms with van der Waals surface area (Å²) in [5, 5.41) is 8.00. The molecule has 1 aliphatic heterocycles. The number of carbonyl (C=O) groups excluding carboxylic acids is 1. The maximum atomic E-state index is 11.5. The average Bonchev–Trinajstić information content (AvgIpc) is 2.63. The number of esters is 1. The Labute approximate surface area is 145 Å². The Balaban J connectivity index is 1.78. The predicted octanol–water partition coefficient (Wildman–Crippen LogP) is 2.88. The summed E-state index contributed by atoms with van der Waals surface area (Å²) in [6.45, 7) is 1.73. The van der Waals surface area contributed by atoms with Gasteiger partial charge in [-0.05, 0) is 30.5 Å². The molecule has 7 heteroatoms. The second-order valence-electron chi connectivity index (χ2n) is 5.84. The number of aromatic nitrogens is 2. The molecule has 0 radical (unpaired) electrons. The van der Waals surface area contributed by atoms with Crippen molar-refractivity contribution in [2.75, 3.05) is 30.8 Å². The molecule has 6 nitrogen and oxygen atoms in total. The van der Waals surface area contributed by atoms with Crippen molar-refractivity contribution in [1.29, 1.82) is 0 Å². The molecule has 24 heavy (non-hydrogen) atoms. The highest BCUT2D eigenvalue weighted by atomic mass is 35.5. The van der Waals surface area contributed by atoms with E-state index in [1.54, 1.807) is 18.2 Å². The molecule has 1 saturated heterocycles. The molecule has 126 valence electrons. The number of hydrogen-bond donors (Lipinski definition) is 1. The van der Waals surface area contributed by atoms with E-state index in [1.165, 1.54) is 12.7 Å². The van der Waals surface area contributed by atoms with Crippen LogP contribution in [0.1, 0.15) is 34.7 Å². The number of nitrogens with two attached hydrogens (primary N) is 1. The van der Waals surface area contributed by atoms with Gasteiger partial charge >= 0.3 is 5.97 Å². The van der Waals surface area contributed by atoms with Crippen LogP contribution < -0.4 is 10.6 Å². The molecular weight excluding hydrogens is 328 g/mol. The number of benzene rings is 1. The van der Waals surface area contributed by atoms with Crippen molar-refractivity contribution in [3.8, 4) is 0 Å². The van der Waals surface area contributed by atoms with E-state index in [1.807, 2.05) is 12.1 Å². The lowest BCUT2D eigenvalue weighted by atomic mass is 9.90. The summed E-state index contributed by atoms with van der Waals surface area (Å²) in [5.74, 6) is 0.426. The Bertz CT molecular complexity index is 736. The molecule has 0 saturated carbocycles. The van der Waals surface area contributed by atoms with Crippen molar-refractivity contribution in [1.82, 2.24) is 10.2 Å². The Morgan fingerprint density at radius 1 is 1.33 bits per heavy atom. The van der Waals surface area contributed by atoms with E-state index in [0.29, 0.717) is 22.5 Å². The second kappa shape index (κ2) is 7.05. The van der Waals surface area contributed by atoms with Gasteiger partial charge in [0.15, 0.2) is 11.0 Å². The van der Waals surface area contributed by atoms with Crippen molar-refractivity contribution in [2.24, 2.45) is 0 Å². The smallest absolute Gasteiger partial charge is 0.337 e. The van der Waals surface area contributed by atoms with Gasteiger partial charge in [0.2, 0.25) is 0 Å². The number of anilines is 2. The number of nitrogen functional groups attached to an aromatic ring is 1. The number of ether oxygens (including phenoxy) is 1. The molecule has 1 aromatic heterocycles. The van der Waals surface area contributed by atoms with Gasteiger partial charge < -0.3 is 15.4 Å². The van der Waals surface area contributed by atoms with Gasteiger partial charge in [0.05, 0.1) is 18.4 Å². The number of halogens is 1. The van der Waals surface area contributed by atoms with Crippen molar-refractivity contribution in [3.63, 3.8) is 0 Å². The second-order valence-corrected chi connectivity index (χ2v) is 6.22. The van der Waals surface area contributed by atoms with Crippen molar-refractivity contribution >= 4 is 29.1 Å². The fourth-order valence-corrected chi connectivity index (χ4v) is 3.24. The molecule has 1 atom stereocenters. The molecule has 1 fully saturated rings. The SMILES string of the molecule is COC(=O)c1ccc(C2CCCN(c3cc(Cl)nnc3N)C2)cc1. The fraction of sp³-hybridized carbons (Fsp3) is 0.353. The molecular formula is C17H19ClN4O2. The maximum Gasteiger partial charge on any atom is 0.337 e. The van der Waals surface area contributed by atoms with Gasteiger partial charge in [-0.25, -0.2) is 4.79 Å². The quantitative estimate of drug-likeness (QED) is 0.860. The highest BCUT2D eigenvalue weighted by Crippen LogP contribution is 2.32. The van der Waals surface area contributed by atoms with Crippen LogP contribution in [0.5, 0.6) is 0 Å². The third-order valence-corrected chi connectivity index (χ3v) is 4.52. The minimum absolute atomic E-state index is 0.322. The van der Waals surface area contributed by atoms with Gasteiger partial charge in [-0.15, -0.1) is 10.2 Å². The number of nitrogens with zero attached hydrogens (tertiary/aromatic N) is 3. The molecule has 2 heterocycles. The van der Waals surface area contributed by atoms with E-state index >= 15 is 0 Å². The highest BCUT2D eigenvalue weighted by molar-refractivity contribution is 6.29. The van der Waals surface area contributed by atoms with Crippen LogP contribution in [0, 0.1) is 0 Å². The lowest BCUT2D eigenvalue weighted by Gasteiger charge is -2.35. The Kier molecular flexibility index (Phi) is 4.85. The standard InChI is InChI=1S/C17H19ClN4O2/c1-24-17(23)12-6-4-11(5-7-12)13-3-2-8-22(10-13)14-9-15(18)20-21-16(14)19/h4-7,9,13H,2-3,8,10H2,1H3,(H2,19,21). The maximum absolute atomic E-state index is 11.5. The van der Waals surface area contributed by atoms with Crippen LogP contribution in [-0.4, -0.2) is 36.4 Å². The molecule has 1 unspecified atom stereocenters. The summed E-state index contributed by atoms with van der Waals surface area (Å²) in [6.07, 6.45) is 2.13. The predicted molar refractivity (Wildman–Crippen MR) is 93.4 cm³/mol. The topological polar surface area (TPSA) is 81.3 Å². The summed E-state index contributed by atoms with van der Waals surface area (Å²) in [5.41, 5.74) is 8.52. The van der Waals surface area contributed by atoms with Crippen molar-refractivity contribution in [3.05, 3.63) is 46.6 Å². The third kappa shape index (κ3) is 3.43. The summed E-state index contributed by atoms with van der Waals surface area (Å²) in [4.78, 5) is 13.7. The molecule has 0 amide bonds. The van der Waals surface area contributed by atoms with Crippen LogP contribution in [0.25, 0.3) is 0 Å². The minimum Gasteiger partial charge on any atom is -0.465 e. The summed E-state index contributed by atoms with van der Waals surface area (Å²) >= 11 is 5.95. The van der Waals surface area contributed by atoms with E-state index in [2.05, 4.69) is 15.1 Å². The van der Waals surface area contributed by atoms with Crippen LogP contribution in [0.3, 0.4) is 0 Å². The zero-order valence-corrected chi connectivity index (χ0v) is 14.2. The number of carbonyl (C=O) groups is 1. The lowest BCUT2D eigenvalue weighted by molar-refractivity contribution is 0.0600. The largest absolute Gasteiger partial charge is 0.465 e. The number of methoxy groups -OCH3 is 1. The zero-order valence-electron chi connectivity index (χ0n) is 13.4. The van der Waals surface area contributed by atoms with Crippen LogP contribution in [0.15, 0.2) is 30.3 Å². The molecule has 0 bridgehead atoms. The number of piperidine rings is 1. The van der Waals surface area contributed by atoms with Crippen LogP contribution >= 0.6 is 11.6 Å². The fourth-order valence-electron chi connectivity index (χ4n) is 3.10. The molecule has 1 aliphatic rings. The Morgan fingerprint density at radius 2 is 2.08 bits per heavy atom. The van der Waals surface area contributed by atoms with E-state index in [4.69, 9.17) is 22.1 Å². The lowest BCUT2D eigenvalue weighted by Crippen LogP contribution is -2.35. The molecule has 0 spiro atoms. The summed E-state index contributed by atoms with van der Waals surface area (Å²) < 4.78 is 4.73.